The van der Waals surface area contributed by atoms with Crippen molar-refractivity contribution in [1.82, 2.24) is 0 Å². The molecule has 0 saturated carbocycles. The van der Waals surface area contributed by atoms with Gasteiger partial charge in [0.1, 0.15) is 0 Å². The third-order valence-electron chi connectivity index (χ3n) is 2.68. The molecule has 0 saturated heterocycles. The summed E-state index contributed by atoms with van der Waals surface area (Å²) in [6, 6.07) is 13.4. The first-order chi connectivity index (χ1) is 7.77. The van der Waals surface area contributed by atoms with Crippen LogP contribution in [0.3, 0.4) is 0 Å². The van der Waals surface area contributed by atoms with E-state index in [2.05, 4.69) is 6.92 Å². The van der Waals surface area contributed by atoms with Gasteiger partial charge in [-0.2, -0.15) is 18.6 Å². The minimum Gasteiger partial charge on any atom is -0.290 e. The van der Waals surface area contributed by atoms with Crippen LogP contribution in [-0.4, -0.2) is 0 Å². The zero-order chi connectivity index (χ0) is 11.1. The van der Waals surface area contributed by atoms with Crippen molar-refractivity contribution in [2.75, 3.05) is 0 Å². The van der Waals surface area contributed by atoms with Crippen LogP contribution in [0.2, 0.25) is 0 Å². The molecule has 2 aromatic carbocycles. The third-order valence-corrected chi connectivity index (χ3v) is 3.95. The van der Waals surface area contributed by atoms with E-state index in [-0.39, 0.29) is 38.1 Å². The summed E-state index contributed by atoms with van der Waals surface area (Å²) in [5.41, 5.74) is 1.03. The Kier molecular flexibility index (Phi) is 3.67. The van der Waals surface area contributed by atoms with Crippen LogP contribution >= 0.6 is 11.3 Å². The number of rotatable bonds is 0. The standard InChI is InChI=1S/C14H9OS.Y/c1-9-5-4-7-11-13(15)10-6-2-3-8-12(10)16-14(9)11;/h2-8H,1H2;/q-1;. The second-order valence-corrected chi connectivity index (χ2v) is 4.77. The van der Waals surface area contributed by atoms with E-state index in [1.54, 1.807) is 11.3 Å². The Labute approximate surface area is 128 Å². The Balaban J connectivity index is 0.00000108. The first-order valence-corrected chi connectivity index (χ1v) is 5.85. The maximum Gasteiger partial charge on any atom is 0.183 e. The number of hydrogen-bond donors (Lipinski definition) is 0. The number of hydrogen-bond acceptors (Lipinski definition) is 2. The normalized spacial score (nSPS) is 10.4. The molecule has 0 aliphatic carbocycles. The van der Waals surface area contributed by atoms with Crippen molar-refractivity contribution in [3.05, 3.63) is 65.2 Å². The van der Waals surface area contributed by atoms with Crippen molar-refractivity contribution >= 4 is 31.5 Å². The largest absolute Gasteiger partial charge is 0.290 e. The molecule has 0 fully saturated rings. The molecule has 0 spiro atoms. The molecule has 81 valence electrons. The Bertz CT molecular complexity index is 746. The van der Waals surface area contributed by atoms with Crippen molar-refractivity contribution in [3.63, 3.8) is 0 Å². The molecule has 3 heteroatoms. The summed E-state index contributed by atoms with van der Waals surface area (Å²) < 4.78 is 2.02. The fourth-order valence-electron chi connectivity index (χ4n) is 1.88. The van der Waals surface area contributed by atoms with E-state index in [1.807, 2.05) is 42.5 Å². The van der Waals surface area contributed by atoms with Crippen molar-refractivity contribution < 1.29 is 32.7 Å². The minimum atomic E-state index is 0. The van der Waals surface area contributed by atoms with Gasteiger partial charge in [-0.25, -0.2) is 11.3 Å². The molecule has 1 heterocycles. The molecule has 0 bridgehead atoms. The maximum absolute atomic E-state index is 12.2. The van der Waals surface area contributed by atoms with E-state index >= 15 is 0 Å². The summed E-state index contributed by atoms with van der Waals surface area (Å²) in [5, 5.41) is 1.57. The molecule has 3 rings (SSSR count). The van der Waals surface area contributed by atoms with Crippen LogP contribution in [0.4, 0.5) is 0 Å². The zero-order valence-corrected chi connectivity index (χ0v) is 12.8. The summed E-state index contributed by atoms with van der Waals surface area (Å²) in [7, 11) is 0. The molecule has 1 radical (unpaired) electrons. The summed E-state index contributed by atoms with van der Waals surface area (Å²) in [6.07, 6.45) is 0. The molecule has 0 unspecified atom stereocenters. The van der Waals surface area contributed by atoms with Crippen LogP contribution in [-0.2, 0) is 32.7 Å². The zero-order valence-electron chi connectivity index (χ0n) is 9.14. The second kappa shape index (κ2) is 4.89. The molecule has 0 N–H and O–H groups in total. The smallest absolute Gasteiger partial charge is 0.183 e. The van der Waals surface area contributed by atoms with Crippen molar-refractivity contribution in [3.8, 4) is 0 Å². The SMILES string of the molecule is [CH2-]c1cccc2c(=O)c3ccccc3sc12.[Y]. The van der Waals surface area contributed by atoms with Gasteiger partial charge in [-0.1, -0.05) is 22.9 Å². The van der Waals surface area contributed by atoms with Gasteiger partial charge < -0.3 is 0 Å². The van der Waals surface area contributed by atoms with Crippen LogP contribution in [0.15, 0.2) is 47.3 Å². The molecule has 0 amide bonds. The van der Waals surface area contributed by atoms with E-state index in [9.17, 15) is 4.79 Å². The average Bonchev–Trinajstić information content (AvgIpc) is 2.31. The van der Waals surface area contributed by atoms with E-state index in [4.69, 9.17) is 0 Å². The van der Waals surface area contributed by atoms with Crippen LogP contribution in [0.5, 0.6) is 0 Å². The minimum absolute atomic E-state index is 0. The Morgan fingerprint density at radius 2 is 1.65 bits per heavy atom. The van der Waals surface area contributed by atoms with Gasteiger partial charge in [0.2, 0.25) is 0 Å². The molecular formula is C14H9OSY-. The van der Waals surface area contributed by atoms with Crippen LogP contribution < -0.4 is 5.43 Å². The van der Waals surface area contributed by atoms with Gasteiger partial charge in [0.05, 0.1) is 0 Å². The van der Waals surface area contributed by atoms with Gasteiger partial charge >= 0.3 is 0 Å². The Hall–Kier alpha value is -0.696. The predicted octanol–water partition coefficient (Wildman–Crippen LogP) is 3.59. The van der Waals surface area contributed by atoms with Crippen molar-refractivity contribution in [1.29, 1.82) is 0 Å². The van der Waals surface area contributed by atoms with Gasteiger partial charge in [-0.05, 0) is 17.5 Å². The van der Waals surface area contributed by atoms with Gasteiger partial charge in [-0.15, -0.1) is 6.07 Å². The second-order valence-electron chi connectivity index (χ2n) is 3.72. The first-order valence-electron chi connectivity index (χ1n) is 5.04. The fourth-order valence-corrected chi connectivity index (χ4v) is 2.99. The first kappa shape index (κ1) is 12.8. The molecule has 17 heavy (non-hydrogen) atoms. The quantitative estimate of drug-likeness (QED) is 0.458. The molecular weight excluding hydrogens is 305 g/mol. The number of benzene rings is 2. The Morgan fingerprint density at radius 3 is 2.47 bits per heavy atom. The van der Waals surface area contributed by atoms with E-state index < -0.39 is 0 Å². The Morgan fingerprint density at radius 1 is 0.941 bits per heavy atom. The fraction of sp³-hybridized carbons (Fsp3) is 0. The van der Waals surface area contributed by atoms with Crippen LogP contribution in [0.1, 0.15) is 5.56 Å². The predicted molar refractivity (Wildman–Crippen MR) is 70.1 cm³/mol. The summed E-state index contributed by atoms with van der Waals surface area (Å²) in [4.78, 5) is 12.2. The van der Waals surface area contributed by atoms with Gasteiger partial charge in [-0.3, -0.25) is 4.79 Å². The monoisotopic (exact) mass is 314 g/mol. The van der Waals surface area contributed by atoms with Gasteiger partial charge in [0, 0.05) is 42.8 Å². The number of fused-ring (bicyclic) bond motifs is 2. The third kappa shape index (κ3) is 2.06. The average molecular weight is 314 g/mol. The summed E-state index contributed by atoms with van der Waals surface area (Å²) in [6.45, 7) is 3.97. The van der Waals surface area contributed by atoms with Crippen LogP contribution in [0, 0.1) is 6.92 Å². The van der Waals surface area contributed by atoms with Crippen molar-refractivity contribution in [2.45, 2.75) is 0 Å². The summed E-state index contributed by atoms with van der Waals surface area (Å²) >= 11 is 1.63. The van der Waals surface area contributed by atoms with Crippen molar-refractivity contribution in [2.24, 2.45) is 0 Å². The van der Waals surface area contributed by atoms with E-state index in [0.29, 0.717) is 0 Å². The maximum atomic E-state index is 12.2. The topological polar surface area (TPSA) is 17.1 Å². The van der Waals surface area contributed by atoms with Gasteiger partial charge in [0.25, 0.3) is 0 Å². The van der Waals surface area contributed by atoms with Crippen LogP contribution in [0.25, 0.3) is 20.2 Å². The molecule has 1 nitrogen and oxygen atoms in total. The van der Waals surface area contributed by atoms with E-state index in [0.717, 1.165) is 25.7 Å². The summed E-state index contributed by atoms with van der Waals surface area (Å²) in [5.74, 6) is 0. The molecule has 0 atom stereocenters. The molecule has 1 aromatic heterocycles. The van der Waals surface area contributed by atoms with E-state index in [1.165, 1.54) is 0 Å². The molecule has 3 aromatic rings. The molecule has 0 aliphatic rings. The molecule has 0 aliphatic heterocycles. The van der Waals surface area contributed by atoms with Gasteiger partial charge in [0.15, 0.2) is 5.43 Å².